The molecule has 3 aromatic rings. The van der Waals surface area contributed by atoms with Gasteiger partial charge in [0.15, 0.2) is 11.5 Å². The van der Waals surface area contributed by atoms with Crippen LogP contribution >= 0.6 is 0 Å². The van der Waals surface area contributed by atoms with Gasteiger partial charge in [0.05, 0.1) is 19.8 Å². The summed E-state index contributed by atoms with van der Waals surface area (Å²) in [6.45, 7) is 0.250. The van der Waals surface area contributed by atoms with E-state index >= 15 is 0 Å². The Balaban J connectivity index is 1.70. The Morgan fingerprint density at radius 3 is 2.68 bits per heavy atom. The molecule has 0 fully saturated rings. The Labute approximate surface area is 144 Å². The van der Waals surface area contributed by atoms with Crippen LogP contribution in [0.2, 0.25) is 0 Å². The maximum absolute atomic E-state index is 11.7. The summed E-state index contributed by atoms with van der Waals surface area (Å²) in [7, 11) is 2.95. The van der Waals surface area contributed by atoms with Crippen molar-refractivity contribution in [2.45, 2.75) is 6.42 Å². The second-order valence-corrected chi connectivity index (χ2v) is 5.76. The summed E-state index contributed by atoms with van der Waals surface area (Å²) in [6.07, 6.45) is 2.62. The summed E-state index contributed by atoms with van der Waals surface area (Å²) in [6, 6.07) is 9.26. The van der Waals surface area contributed by atoms with Crippen LogP contribution in [-0.2, 0) is 11.2 Å². The van der Waals surface area contributed by atoms with Gasteiger partial charge >= 0.3 is 5.97 Å². The summed E-state index contributed by atoms with van der Waals surface area (Å²) in [5.41, 5.74) is 3.54. The van der Waals surface area contributed by atoms with Crippen molar-refractivity contribution in [1.29, 1.82) is 0 Å². The second kappa shape index (κ2) is 6.05. The van der Waals surface area contributed by atoms with Gasteiger partial charge in [0.1, 0.15) is 5.75 Å². The molecule has 1 aliphatic rings. The van der Waals surface area contributed by atoms with Crippen LogP contribution in [-0.4, -0.2) is 32.0 Å². The minimum atomic E-state index is -0.385. The number of H-pyrrole nitrogens is 1. The normalized spacial score (nSPS) is 12.4. The molecule has 0 radical (unpaired) electrons. The number of carbonyl (C=O) groups is 1. The molecule has 0 saturated heterocycles. The molecular weight excluding hydrogens is 322 g/mol. The first-order valence-electron chi connectivity index (χ1n) is 7.84. The molecule has 6 nitrogen and oxygen atoms in total. The highest BCUT2D eigenvalue weighted by Crippen LogP contribution is 2.37. The quantitative estimate of drug-likeness (QED) is 0.739. The smallest absolute Gasteiger partial charge is 0.337 e. The third-order valence-corrected chi connectivity index (χ3v) is 4.35. The fraction of sp³-hybridized carbons (Fsp3) is 0.211. The first-order valence-corrected chi connectivity index (χ1v) is 7.84. The topological polar surface area (TPSA) is 69.8 Å². The van der Waals surface area contributed by atoms with Gasteiger partial charge in [-0.2, -0.15) is 0 Å². The highest BCUT2D eigenvalue weighted by Gasteiger charge is 2.18. The summed E-state index contributed by atoms with van der Waals surface area (Å²) in [5, 5.41) is 1.07. The molecule has 0 spiro atoms. The van der Waals surface area contributed by atoms with Gasteiger partial charge in [-0.15, -0.1) is 0 Å². The third-order valence-electron chi connectivity index (χ3n) is 4.35. The monoisotopic (exact) mass is 339 g/mol. The first kappa shape index (κ1) is 15.4. The van der Waals surface area contributed by atoms with Crippen LogP contribution in [0.1, 0.15) is 21.5 Å². The number of nitrogens with one attached hydrogen (secondary N) is 1. The van der Waals surface area contributed by atoms with Crippen molar-refractivity contribution in [3.8, 4) is 17.2 Å². The van der Waals surface area contributed by atoms with Crippen LogP contribution in [0.5, 0.6) is 17.2 Å². The van der Waals surface area contributed by atoms with Crippen LogP contribution in [0, 0.1) is 0 Å². The molecule has 0 saturated carbocycles. The van der Waals surface area contributed by atoms with Crippen LogP contribution in [0.3, 0.4) is 0 Å². The fourth-order valence-corrected chi connectivity index (χ4v) is 3.06. The number of esters is 1. The van der Waals surface area contributed by atoms with Crippen molar-refractivity contribution in [2.24, 2.45) is 0 Å². The van der Waals surface area contributed by atoms with Gasteiger partial charge in [-0.05, 0) is 29.3 Å². The van der Waals surface area contributed by atoms with Crippen LogP contribution in [0.15, 0.2) is 36.5 Å². The van der Waals surface area contributed by atoms with Crippen LogP contribution < -0.4 is 14.2 Å². The van der Waals surface area contributed by atoms with Gasteiger partial charge in [-0.1, -0.05) is 6.07 Å². The highest BCUT2D eigenvalue weighted by molar-refractivity contribution is 5.90. The number of fused-ring (bicyclic) bond motifs is 2. The van der Waals surface area contributed by atoms with E-state index in [1.165, 1.54) is 7.11 Å². The van der Waals surface area contributed by atoms with Crippen LogP contribution in [0.25, 0.3) is 10.9 Å². The van der Waals surface area contributed by atoms with E-state index < -0.39 is 0 Å². The maximum Gasteiger partial charge on any atom is 0.337 e. The summed E-state index contributed by atoms with van der Waals surface area (Å²) in [5.74, 6) is 1.77. The van der Waals surface area contributed by atoms with Gasteiger partial charge in [0.2, 0.25) is 6.79 Å². The van der Waals surface area contributed by atoms with E-state index in [9.17, 15) is 4.79 Å². The van der Waals surface area contributed by atoms with Gasteiger partial charge in [-0.25, -0.2) is 4.79 Å². The van der Waals surface area contributed by atoms with Crippen molar-refractivity contribution >= 4 is 16.9 Å². The van der Waals surface area contributed by atoms with Crippen molar-refractivity contribution in [3.05, 3.63) is 53.2 Å². The largest absolute Gasteiger partial charge is 0.496 e. The molecule has 128 valence electrons. The zero-order valence-corrected chi connectivity index (χ0v) is 13.9. The lowest BCUT2D eigenvalue weighted by atomic mass is 10.0. The molecule has 2 aromatic carbocycles. The van der Waals surface area contributed by atoms with E-state index in [-0.39, 0.29) is 12.8 Å². The molecule has 1 N–H and O–H groups in total. The number of ether oxygens (including phenoxy) is 4. The summed E-state index contributed by atoms with van der Waals surface area (Å²) >= 11 is 0. The average molecular weight is 339 g/mol. The molecule has 0 bridgehead atoms. The van der Waals surface area contributed by atoms with E-state index in [1.54, 1.807) is 19.2 Å². The van der Waals surface area contributed by atoms with Gasteiger partial charge < -0.3 is 23.9 Å². The van der Waals surface area contributed by atoms with E-state index in [0.29, 0.717) is 17.7 Å². The number of methoxy groups -OCH3 is 2. The van der Waals surface area contributed by atoms with E-state index in [0.717, 1.165) is 33.5 Å². The number of rotatable bonds is 4. The lowest BCUT2D eigenvalue weighted by Gasteiger charge is -2.10. The maximum atomic E-state index is 11.7. The summed E-state index contributed by atoms with van der Waals surface area (Å²) in [4.78, 5) is 14.9. The number of benzene rings is 2. The molecule has 6 heteroatoms. The predicted octanol–water partition coefficient (Wildman–Crippen LogP) is 3.28. The Morgan fingerprint density at radius 1 is 1.12 bits per heavy atom. The lowest BCUT2D eigenvalue weighted by Crippen LogP contribution is -2.03. The minimum absolute atomic E-state index is 0.250. The lowest BCUT2D eigenvalue weighted by molar-refractivity contribution is 0.0600. The number of aromatic nitrogens is 1. The molecule has 2 heterocycles. The van der Waals surface area contributed by atoms with Crippen molar-refractivity contribution in [3.63, 3.8) is 0 Å². The second-order valence-electron chi connectivity index (χ2n) is 5.76. The molecular formula is C19H17NO5. The Hall–Kier alpha value is -3.15. The van der Waals surface area contributed by atoms with Gasteiger partial charge in [0.25, 0.3) is 0 Å². The molecule has 1 aromatic heterocycles. The van der Waals surface area contributed by atoms with Crippen molar-refractivity contribution < 1.29 is 23.7 Å². The van der Waals surface area contributed by atoms with E-state index in [2.05, 4.69) is 4.98 Å². The zero-order valence-electron chi connectivity index (χ0n) is 13.9. The number of hydrogen-bond acceptors (Lipinski definition) is 5. The molecule has 4 rings (SSSR count). The van der Waals surface area contributed by atoms with E-state index in [1.807, 2.05) is 24.4 Å². The zero-order chi connectivity index (χ0) is 17.4. The Kier molecular flexibility index (Phi) is 3.72. The predicted molar refractivity (Wildman–Crippen MR) is 91.6 cm³/mol. The first-order chi connectivity index (χ1) is 12.2. The van der Waals surface area contributed by atoms with Gasteiger partial charge in [-0.3, -0.25) is 0 Å². The molecule has 1 aliphatic heterocycles. The molecule has 0 aliphatic carbocycles. The number of hydrogen-bond donors (Lipinski definition) is 1. The van der Waals surface area contributed by atoms with E-state index in [4.69, 9.17) is 18.9 Å². The SMILES string of the molecule is COC(=O)c1ccc(Cc2c[nH]c3cc4c(cc23)OCO4)c(OC)c1. The number of carbonyl (C=O) groups excluding carboxylic acids is 1. The van der Waals surface area contributed by atoms with Gasteiger partial charge in [0, 0.05) is 29.6 Å². The Bertz CT molecular complexity index is 960. The fourth-order valence-electron chi connectivity index (χ4n) is 3.06. The van der Waals surface area contributed by atoms with Crippen LogP contribution in [0.4, 0.5) is 0 Å². The van der Waals surface area contributed by atoms with Crippen molar-refractivity contribution in [1.82, 2.24) is 4.98 Å². The molecule has 0 unspecified atom stereocenters. The standard InChI is InChI=1S/C19H17NO5/c1-22-16-6-12(19(21)23-2)4-3-11(16)5-13-9-20-15-8-18-17(7-14(13)15)24-10-25-18/h3-4,6-9,20H,5,10H2,1-2H3. The van der Waals surface area contributed by atoms with Crippen molar-refractivity contribution in [2.75, 3.05) is 21.0 Å². The molecule has 25 heavy (non-hydrogen) atoms. The summed E-state index contributed by atoms with van der Waals surface area (Å²) < 4.78 is 21.1. The molecule has 0 atom stereocenters. The number of aromatic amines is 1. The molecule has 0 amide bonds. The average Bonchev–Trinajstić information content (AvgIpc) is 3.26. The Morgan fingerprint density at radius 2 is 1.92 bits per heavy atom. The highest BCUT2D eigenvalue weighted by atomic mass is 16.7. The minimum Gasteiger partial charge on any atom is -0.496 e. The third kappa shape index (κ3) is 2.65.